The minimum absolute atomic E-state index is 0.0369. The maximum Gasteiger partial charge on any atom is 0.239 e. The molecule has 2 rings (SSSR count). The van der Waals surface area contributed by atoms with Crippen LogP contribution in [0, 0.1) is 5.92 Å². The van der Waals surface area contributed by atoms with Gasteiger partial charge in [-0.2, -0.15) is 0 Å². The Hall–Kier alpha value is -0.610. The molecule has 0 aromatic carbocycles. The van der Waals surface area contributed by atoms with E-state index in [0.29, 0.717) is 12.5 Å². The van der Waals surface area contributed by atoms with Crippen LogP contribution in [-0.4, -0.2) is 48.2 Å². The number of amides is 1. The number of aliphatic hydroxyl groups excluding tert-OH is 1. The maximum absolute atomic E-state index is 11.9. The summed E-state index contributed by atoms with van der Waals surface area (Å²) in [5.41, 5.74) is 0. The highest BCUT2D eigenvalue weighted by molar-refractivity contribution is 5.82. The average molecular weight is 212 g/mol. The number of nitrogens with zero attached hydrogens (tertiary/aromatic N) is 1. The van der Waals surface area contributed by atoms with Gasteiger partial charge >= 0.3 is 0 Å². The molecule has 1 heterocycles. The second-order valence-electron chi connectivity index (χ2n) is 4.67. The smallest absolute Gasteiger partial charge is 0.239 e. The Bertz CT molecular complexity index is 241. The molecule has 4 heteroatoms. The van der Waals surface area contributed by atoms with Crippen LogP contribution in [-0.2, 0) is 4.79 Å². The lowest BCUT2D eigenvalue weighted by Gasteiger charge is -2.33. The molecule has 1 amide bonds. The van der Waals surface area contributed by atoms with Gasteiger partial charge in [0.05, 0.1) is 12.1 Å². The lowest BCUT2D eigenvalue weighted by Crippen LogP contribution is -2.51. The number of nitrogens with one attached hydrogen (secondary N) is 1. The predicted octanol–water partition coefficient (Wildman–Crippen LogP) is -0.0323. The topological polar surface area (TPSA) is 52.6 Å². The zero-order valence-electron chi connectivity index (χ0n) is 9.28. The summed E-state index contributed by atoms with van der Waals surface area (Å²) in [6.45, 7) is 1.34. The van der Waals surface area contributed by atoms with Crippen LogP contribution in [0.2, 0.25) is 0 Å². The molecule has 2 fully saturated rings. The summed E-state index contributed by atoms with van der Waals surface area (Å²) in [6.07, 6.45) is 3.90. The molecule has 15 heavy (non-hydrogen) atoms. The Morgan fingerprint density at radius 3 is 2.87 bits per heavy atom. The number of β-amino-alcohol motifs (C(OH)–C–C–N with tert-alkyl or cyclic N) is 1. The van der Waals surface area contributed by atoms with E-state index in [1.165, 1.54) is 0 Å². The lowest BCUT2D eigenvalue weighted by molar-refractivity contribution is -0.137. The number of likely N-dealkylation sites (tertiary alicyclic amines) is 1. The molecule has 1 aliphatic heterocycles. The van der Waals surface area contributed by atoms with Gasteiger partial charge in [-0.1, -0.05) is 0 Å². The van der Waals surface area contributed by atoms with Gasteiger partial charge in [0.1, 0.15) is 0 Å². The Kier molecular flexibility index (Phi) is 3.26. The monoisotopic (exact) mass is 212 g/mol. The van der Waals surface area contributed by atoms with E-state index in [9.17, 15) is 9.90 Å². The van der Waals surface area contributed by atoms with Crippen LogP contribution in [0.4, 0.5) is 0 Å². The number of hydrogen-bond donors (Lipinski definition) is 2. The zero-order chi connectivity index (χ0) is 10.8. The highest BCUT2D eigenvalue weighted by Crippen LogP contribution is 2.33. The molecule has 1 aliphatic carbocycles. The van der Waals surface area contributed by atoms with Crippen molar-refractivity contribution in [2.45, 2.75) is 37.8 Å². The van der Waals surface area contributed by atoms with Gasteiger partial charge < -0.3 is 15.3 Å². The summed E-state index contributed by atoms with van der Waals surface area (Å²) in [4.78, 5) is 13.7. The quantitative estimate of drug-likeness (QED) is 0.688. The number of carbonyl (C=O) groups excluding carboxylic acids is 1. The third-order valence-corrected chi connectivity index (χ3v) is 3.45. The molecule has 1 saturated heterocycles. The standard InChI is InChI=1S/C11H20N2O2/c1-12-9-3-2-6-13(11(9)15)7-10(14)8-4-5-8/h8-10,12,14H,2-7H2,1H3. The molecular formula is C11H20N2O2. The van der Waals surface area contributed by atoms with Gasteiger partial charge in [-0.25, -0.2) is 0 Å². The van der Waals surface area contributed by atoms with Gasteiger partial charge in [0, 0.05) is 13.1 Å². The van der Waals surface area contributed by atoms with Gasteiger partial charge in [-0.05, 0) is 38.6 Å². The molecule has 4 nitrogen and oxygen atoms in total. The highest BCUT2D eigenvalue weighted by atomic mass is 16.3. The van der Waals surface area contributed by atoms with E-state index in [0.717, 1.165) is 32.2 Å². The lowest BCUT2D eigenvalue weighted by atomic mass is 10.0. The van der Waals surface area contributed by atoms with E-state index < -0.39 is 0 Å². The molecule has 1 saturated carbocycles. The first kappa shape index (κ1) is 10.9. The van der Waals surface area contributed by atoms with Gasteiger partial charge in [0.25, 0.3) is 0 Å². The van der Waals surface area contributed by atoms with Crippen LogP contribution < -0.4 is 5.32 Å². The second kappa shape index (κ2) is 4.49. The Labute approximate surface area is 90.6 Å². The third-order valence-electron chi connectivity index (χ3n) is 3.45. The van der Waals surface area contributed by atoms with Crippen LogP contribution >= 0.6 is 0 Å². The average Bonchev–Trinajstić information content (AvgIpc) is 3.04. The van der Waals surface area contributed by atoms with Crippen molar-refractivity contribution in [3.8, 4) is 0 Å². The minimum Gasteiger partial charge on any atom is -0.391 e. The molecule has 0 aromatic rings. The summed E-state index contributed by atoms with van der Waals surface area (Å²) >= 11 is 0. The molecule has 86 valence electrons. The molecule has 0 radical (unpaired) electrons. The van der Waals surface area contributed by atoms with Gasteiger partial charge in [0.15, 0.2) is 0 Å². The number of rotatable bonds is 4. The molecular weight excluding hydrogens is 192 g/mol. The number of carbonyl (C=O) groups is 1. The first-order valence-corrected chi connectivity index (χ1v) is 5.86. The number of hydrogen-bond acceptors (Lipinski definition) is 3. The van der Waals surface area contributed by atoms with Crippen LogP contribution in [0.1, 0.15) is 25.7 Å². The highest BCUT2D eigenvalue weighted by Gasteiger charge is 2.34. The third kappa shape index (κ3) is 2.49. The van der Waals surface area contributed by atoms with Crippen molar-refractivity contribution in [2.24, 2.45) is 5.92 Å². The molecule has 2 atom stereocenters. The van der Waals surface area contributed by atoms with Crippen molar-refractivity contribution >= 4 is 5.91 Å². The molecule has 2 unspecified atom stereocenters. The Balaban J connectivity index is 1.87. The van der Waals surface area contributed by atoms with E-state index in [2.05, 4.69) is 5.32 Å². The molecule has 2 N–H and O–H groups in total. The van der Waals surface area contributed by atoms with E-state index >= 15 is 0 Å². The first-order chi connectivity index (χ1) is 7.22. The van der Waals surface area contributed by atoms with E-state index in [1.807, 2.05) is 11.9 Å². The van der Waals surface area contributed by atoms with Crippen molar-refractivity contribution in [2.75, 3.05) is 20.1 Å². The fourth-order valence-electron chi connectivity index (χ4n) is 2.25. The summed E-state index contributed by atoms with van der Waals surface area (Å²) < 4.78 is 0. The van der Waals surface area contributed by atoms with E-state index in [-0.39, 0.29) is 18.1 Å². The number of aliphatic hydroxyl groups is 1. The predicted molar refractivity (Wildman–Crippen MR) is 57.4 cm³/mol. The van der Waals surface area contributed by atoms with E-state index in [4.69, 9.17) is 0 Å². The summed E-state index contributed by atoms with van der Waals surface area (Å²) in [5.74, 6) is 0.608. The fraction of sp³-hybridized carbons (Fsp3) is 0.909. The second-order valence-corrected chi connectivity index (χ2v) is 4.67. The fourth-order valence-corrected chi connectivity index (χ4v) is 2.25. The summed E-state index contributed by atoms with van der Waals surface area (Å²) in [6, 6.07) is -0.0369. The van der Waals surface area contributed by atoms with Gasteiger partial charge in [-0.3, -0.25) is 4.79 Å². The van der Waals surface area contributed by atoms with Crippen LogP contribution in [0.5, 0.6) is 0 Å². The van der Waals surface area contributed by atoms with Crippen LogP contribution in [0.3, 0.4) is 0 Å². The van der Waals surface area contributed by atoms with Crippen molar-refractivity contribution in [1.82, 2.24) is 10.2 Å². The molecule has 0 aromatic heterocycles. The SMILES string of the molecule is CNC1CCCN(CC(O)C2CC2)C1=O. The number of likely N-dealkylation sites (N-methyl/N-ethyl adjacent to an activating group) is 1. The normalized spacial score (nSPS) is 29.3. The minimum atomic E-state index is -0.301. The molecule has 2 aliphatic rings. The van der Waals surface area contributed by atoms with E-state index in [1.54, 1.807) is 0 Å². The Morgan fingerprint density at radius 1 is 1.53 bits per heavy atom. The van der Waals surface area contributed by atoms with Crippen LogP contribution in [0.25, 0.3) is 0 Å². The summed E-state index contributed by atoms with van der Waals surface area (Å²) in [5, 5.41) is 12.8. The zero-order valence-corrected chi connectivity index (χ0v) is 9.28. The Morgan fingerprint density at radius 2 is 2.27 bits per heavy atom. The van der Waals surface area contributed by atoms with Gasteiger partial charge in [-0.15, -0.1) is 0 Å². The van der Waals surface area contributed by atoms with Crippen LogP contribution in [0.15, 0.2) is 0 Å². The largest absolute Gasteiger partial charge is 0.391 e. The molecule has 0 spiro atoms. The van der Waals surface area contributed by atoms with Crippen molar-refractivity contribution in [1.29, 1.82) is 0 Å². The summed E-state index contributed by atoms with van der Waals surface area (Å²) in [7, 11) is 1.82. The van der Waals surface area contributed by atoms with Crippen molar-refractivity contribution in [3.63, 3.8) is 0 Å². The number of piperidine rings is 1. The molecule has 0 bridgehead atoms. The van der Waals surface area contributed by atoms with Gasteiger partial charge in [0.2, 0.25) is 5.91 Å². The maximum atomic E-state index is 11.9. The van der Waals surface area contributed by atoms with Crippen molar-refractivity contribution < 1.29 is 9.90 Å². The van der Waals surface area contributed by atoms with Crippen molar-refractivity contribution in [3.05, 3.63) is 0 Å². The first-order valence-electron chi connectivity index (χ1n) is 5.86.